The summed E-state index contributed by atoms with van der Waals surface area (Å²) >= 11 is 0. The zero-order valence-electron chi connectivity index (χ0n) is 7.04. The summed E-state index contributed by atoms with van der Waals surface area (Å²) in [7, 11) is -2.70. The average Bonchev–Trinajstić information content (AvgIpc) is 1.95. The molecule has 6 nitrogen and oxygen atoms in total. The van der Waals surface area contributed by atoms with E-state index in [9.17, 15) is 9.36 Å². The molecule has 0 spiro atoms. The summed E-state index contributed by atoms with van der Waals surface area (Å²) in [4.78, 5) is 27.2. The Morgan fingerprint density at radius 1 is 1.62 bits per heavy atom. The van der Waals surface area contributed by atoms with E-state index in [1.807, 2.05) is 0 Å². The molecule has 7 heteroatoms. The molecule has 13 heavy (non-hydrogen) atoms. The predicted octanol–water partition coefficient (Wildman–Crippen LogP) is -0.260. The lowest BCUT2D eigenvalue weighted by Crippen LogP contribution is -2.33. The molecule has 0 aliphatic carbocycles. The third-order valence-corrected chi connectivity index (χ3v) is 1.92. The first-order valence-corrected chi connectivity index (χ1v) is 5.18. The van der Waals surface area contributed by atoms with Gasteiger partial charge in [-0.15, -0.1) is 0 Å². The fourth-order valence-corrected chi connectivity index (χ4v) is 1.07. The normalized spacial score (nSPS) is 14.7. The molecule has 0 aromatic rings. The molecule has 0 rings (SSSR count). The van der Waals surface area contributed by atoms with Gasteiger partial charge >= 0.3 is 13.6 Å². The maximum absolute atomic E-state index is 10.4. The standard InChI is InChI=1S/C6H12NO5P/c1-7-5(6(8)9)3-2-4-13(10,11)12/h2,4-5,7H,3H2,1H3,(H,8,9)(H2,10,11,12)/b4-2+. The molecule has 0 saturated carbocycles. The van der Waals surface area contributed by atoms with Gasteiger partial charge in [0.15, 0.2) is 0 Å². The Labute approximate surface area is 75.4 Å². The Kier molecular flexibility index (Phi) is 4.87. The van der Waals surface area contributed by atoms with E-state index in [-0.39, 0.29) is 6.42 Å². The van der Waals surface area contributed by atoms with Crippen LogP contribution in [0.25, 0.3) is 0 Å². The fourth-order valence-electron chi connectivity index (χ4n) is 0.676. The van der Waals surface area contributed by atoms with Crippen LogP contribution in [-0.4, -0.2) is 34.0 Å². The minimum atomic E-state index is -4.16. The van der Waals surface area contributed by atoms with Gasteiger partial charge in [0.05, 0.1) is 0 Å². The van der Waals surface area contributed by atoms with Crippen molar-refractivity contribution < 1.29 is 24.3 Å². The van der Waals surface area contributed by atoms with Crippen molar-refractivity contribution in [3.05, 3.63) is 11.9 Å². The van der Waals surface area contributed by atoms with Crippen LogP contribution in [0.1, 0.15) is 6.42 Å². The zero-order chi connectivity index (χ0) is 10.5. The first kappa shape index (κ1) is 12.3. The van der Waals surface area contributed by atoms with Gasteiger partial charge in [-0.2, -0.15) is 0 Å². The molecule has 0 aromatic heterocycles. The summed E-state index contributed by atoms with van der Waals surface area (Å²) in [5, 5.41) is 11.0. The van der Waals surface area contributed by atoms with E-state index in [2.05, 4.69) is 5.32 Å². The van der Waals surface area contributed by atoms with Crippen LogP contribution in [0.3, 0.4) is 0 Å². The van der Waals surface area contributed by atoms with E-state index < -0.39 is 19.6 Å². The Balaban J connectivity index is 4.07. The molecule has 76 valence electrons. The van der Waals surface area contributed by atoms with E-state index in [4.69, 9.17) is 14.9 Å². The monoisotopic (exact) mass is 209 g/mol. The third kappa shape index (κ3) is 6.48. The van der Waals surface area contributed by atoms with Crippen LogP contribution < -0.4 is 5.32 Å². The molecule has 0 radical (unpaired) electrons. The highest BCUT2D eigenvalue weighted by Gasteiger charge is 2.13. The van der Waals surface area contributed by atoms with E-state index in [1.165, 1.54) is 7.05 Å². The molecular formula is C6H12NO5P. The Morgan fingerprint density at radius 2 is 2.15 bits per heavy atom. The quantitative estimate of drug-likeness (QED) is 0.465. The molecular weight excluding hydrogens is 197 g/mol. The molecule has 0 aliphatic heterocycles. The predicted molar refractivity (Wildman–Crippen MR) is 46.3 cm³/mol. The average molecular weight is 209 g/mol. The van der Waals surface area contributed by atoms with Crippen molar-refractivity contribution in [1.82, 2.24) is 5.32 Å². The van der Waals surface area contributed by atoms with Gasteiger partial charge in [0.2, 0.25) is 0 Å². The van der Waals surface area contributed by atoms with Crippen molar-refractivity contribution in [2.45, 2.75) is 12.5 Å². The minimum absolute atomic E-state index is 0.0386. The summed E-state index contributed by atoms with van der Waals surface area (Å²) in [6.07, 6.45) is 1.19. The lowest BCUT2D eigenvalue weighted by atomic mass is 10.2. The van der Waals surface area contributed by atoms with Crippen molar-refractivity contribution in [2.75, 3.05) is 7.05 Å². The molecule has 4 N–H and O–H groups in total. The van der Waals surface area contributed by atoms with Gasteiger partial charge in [0, 0.05) is 5.82 Å². The number of likely N-dealkylation sites (N-methyl/N-ethyl adjacent to an activating group) is 1. The third-order valence-electron chi connectivity index (χ3n) is 1.32. The number of aliphatic carboxylic acids is 1. The van der Waals surface area contributed by atoms with Crippen molar-refractivity contribution >= 4 is 13.6 Å². The van der Waals surface area contributed by atoms with E-state index in [1.54, 1.807) is 0 Å². The molecule has 0 fully saturated rings. The van der Waals surface area contributed by atoms with E-state index in [0.29, 0.717) is 5.82 Å². The van der Waals surface area contributed by atoms with Crippen molar-refractivity contribution in [1.29, 1.82) is 0 Å². The number of carbonyl (C=O) groups is 1. The number of hydrogen-bond donors (Lipinski definition) is 4. The highest BCUT2D eigenvalue weighted by Crippen LogP contribution is 2.36. The Morgan fingerprint density at radius 3 is 2.46 bits per heavy atom. The van der Waals surface area contributed by atoms with Gasteiger partial charge in [-0.1, -0.05) is 6.08 Å². The van der Waals surface area contributed by atoms with Gasteiger partial charge in [-0.05, 0) is 13.5 Å². The molecule has 0 saturated heterocycles. The zero-order valence-corrected chi connectivity index (χ0v) is 7.94. The van der Waals surface area contributed by atoms with Crippen molar-refractivity contribution in [2.24, 2.45) is 0 Å². The van der Waals surface area contributed by atoms with Crippen molar-refractivity contribution in [3.8, 4) is 0 Å². The first-order chi connectivity index (χ1) is 5.87. The van der Waals surface area contributed by atoms with Crippen molar-refractivity contribution in [3.63, 3.8) is 0 Å². The second kappa shape index (κ2) is 5.14. The largest absolute Gasteiger partial charge is 0.480 e. The number of carboxylic acid groups (broad SMARTS) is 1. The van der Waals surface area contributed by atoms with E-state index >= 15 is 0 Å². The fraction of sp³-hybridized carbons (Fsp3) is 0.500. The van der Waals surface area contributed by atoms with Gasteiger partial charge in [0.1, 0.15) is 6.04 Å². The van der Waals surface area contributed by atoms with Gasteiger partial charge in [-0.3, -0.25) is 9.36 Å². The molecule has 0 bridgehead atoms. The van der Waals surface area contributed by atoms with Crippen LogP contribution in [0.2, 0.25) is 0 Å². The number of nitrogens with one attached hydrogen (secondary N) is 1. The summed E-state index contributed by atoms with van der Waals surface area (Å²) in [5.41, 5.74) is 0. The van der Waals surface area contributed by atoms with Crippen LogP contribution in [0.15, 0.2) is 11.9 Å². The molecule has 1 unspecified atom stereocenters. The summed E-state index contributed by atoms with van der Waals surface area (Å²) in [5.74, 6) is -0.363. The minimum Gasteiger partial charge on any atom is -0.480 e. The lowest BCUT2D eigenvalue weighted by molar-refractivity contribution is -0.139. The van der Waals surface area contributed by atoms with Gasteiger partial charge in [0.25, 0.3) is 0 Å². The van der Waals surface area contributed by atoms with Gasteiger partial charge < -0.3 is 20.2 Å². The molecule has 0 aliphatic rings. The van der Waals surface area contributed by atoms with Crippen LogP contribution in [-0.2, 0) is 9.36 Å². The van der Waals surface area contributed by atoms with Gasteiger partial charge in [-0.25, -0.2) is 0 Å². The summed E-state index contributed by atoms with van der Waals surface area (Å²) in [6.45, 7) is 0. The SMILES string of the molecule is CNC(C/C=C/P(=O)(O)O)C(=O)O. The highest BCUT2D eigenvalue weighted by atomic mass is 31.2. The molecule has 0 heterocycles. The summed E-state index contributed by atoms with van der Waals surface area (Å²) < 4.78 is 10.3. The summed E-state index contributed by atoms with van der Waals surface area (Å²) in [6, 6.07) is -0.817. The Hall–Kier alpha value is -0.680. The van der Waals surface area contributed by atoms with Crippen LogP contribution >= 0.6 is 7.60 Å². The Bertz CT molecular complexity index is 245. The van der Waals surface area contributed by atoms with Crippen LogP contribution in [0.5, 0.6) is 0 Å². The van der Waals surface area contributed by atoms with Crippen LogP contribution in [0.4, 0.5) is 0 Å². The van der Waals surface area contributed by atoms with Crippen LogP contribution in [0, 0.1) is 0 Å². The first-order valence-electron chi connectivity index (χ1n) is 3.50. The maximum Gasteiger partial charge on any atom is 0.348 e. The van der Waals surface area contributed by atoms with E-state index in [0.717, 1.165) is 6.08 Å². The molecule has 0 aromatic carbocycles. The number of rotatable bonds is 5. The lowest BCUT2D eigenvalue weighted by Gasteiger charge is -2.06. The maximum atomic E-state index is 10.4. The number of hydrogen-bond acceptors (Lipinski definition) is 3. The second-order valence-electron chi connectivity index (χ2n) is 2.39. The smallest absolute Gasteiger partial charge is 0.348 e. The molecule has 0 amide bonds. The molecule has 1 atom stereocenters. The highest BCUT2D eigenvalue weighted by molar-refractivity contribution is 7.55. The topological polar surface area (TPSA) is 107 Å². The number of carboxylic acids is 1. The second-order valence-corrected chi connectivity index (χ2v) is 3.87.